The van der Waals surface area contributed by atoms with E-state index in [1.54, 1.807) is 28.6 Å². The van der Waals surface area contributed by atoms with E-state index in [1.165, 1.54) is 12.8 Å². The van der Waals surface area contributed by atoms with Crippen LogP contribution in [0, 0.1) is 5.92 Å². The first-order valence-corrected chi connectivity index (χ1v) is 9.60. The van der Waals surface area contributed by atoms with Crippen LogP contribution in [0.2, 0.25) is 0 Å². The predicted molar refractivity (Wildman–Crippen MR) is 105 cm³/mol. The Balaban J connectivity index is 1.55. The van der Waals surface area contributed by atoms with Gasteiger partial charge in [-0.25, -0.2) is 10.5 Å². The lowest BCUT2D eigenvalue weighted by Gasteiger charge is -2.29. The van der Waals surface area contributed by atoms with E-state index in [2.05, 4.69) is 4.57 Å². The van der Waals surface area contributed by atoms with Crippen LogP contribution in [0.25, 0.3) is 11.0 Å². The van der Waals surface area contributed by atoms with Gasteiger partial charge in [-0.2, -0.15) is 0 Å². The number of carbonyl (C=O) groups is 2. The molecule has 29 heavy (non-hydrogen) atoms. The highest BCUT2D eigenvalue weighted by Crippen LogP contribution is 2.36. The summed E-state index contributed by atoms with van der Waals surface area (Å²) in [6, 6.07) is 12.7. The van der Waals surface area contributed by atoms with Gasteiger partial charge in [0.1, 0.15) is 11.6 Å². The Hall–Kier alpha value is -3.39. The normalized spacial score (nSPS) is 15.9. The lowest BCUT2D eigenvalue weighted by molar-refractivity contribution is -0.121. The lowest BCUT2D eigenvalue weighted by atomic mass is 10.1. The van der Waals surface area contributed by atoms with Crippen molar-refractivity contribution >= 4 is 28.5 Å². The molecule has 0 bridgehead atoms. The first-order valence-electron chi connectivity index (χ1n) is 9.60. The van der Waals surface area contributed by atoms with Crippen LogP contribution in [0.3, 0.4) is 0 Å². The smallest absolute Gasteiger partial charge is 0.274 e. The zero-order valence-corrected chi connectivity index (χ0v) is 15.7. The third kappa shape index (κ3) is 3.21. The van der Waals surface area contributed by atoms with Gasteiger partial charge in [0.05, 0.1) is 23.3 Å². The van der Waals surface area contributed by atoms with Crippen molar-refractivity contribution in [1.82, 2.24) is 15.0 Å². The number of nitrogens with zero attached hydrogens (tertiary/aromatic N) is 3. The standard InChI is InChI=1S/C21H20N4O4/c26-20-12-29-18-8-7-14(21(27)23-28)9-17(18)25(20)11-19-22-15-3-1-2-4-16(15)24(19)10-13-5-6-13/h1-4,7-9,13,28H,5-6,10-12H2,(H,23,27). The molecule has 0 radical (unpaired) electrons. The molecule has 0 saturated heterocycles. The zero-order valence-electron chi connectivity index (χ0n) is 15.7. The van der Waals surface area contributed by atoms with Crippen LogP contribution in [0.5, 0.6) is 5.75 Å². The molecule has 0 unspecified atom stereocenters. The molecule has 3 aromatic rings. The topological polar surface area (TPSA) is 96.7 Å². The monoisotopic (exact) mass is 392 g/mol. The maximum Gasteiger partial charge on any atom is 0.274 e. The van der Waals surface area contributed by atoms with E-state index < -0.39 is 5.91 Å². The number of hydrogen-bond donors (Lipinski definition) is 2. The van der Waals surface area contributed by atoms with E-state index in [4.69, 9.17) is 14.9 Å². The lowest BCUT2D eigenvalue weighted by Crippen LogP contribution is -2.39. The molecule has 2 heterocycles. The molecule has 2 aromatic carbocycles. The van der Waals surface area contributed by atoms with Crippen molar-refractivity contribution in [3.8, 4) is 5.75 Å². The van der Waals surface area contributed by atoms with Crippen molar-refractivity contribution < 1.29 is 19.5 Å². The SMILES string of the molecule is O=C(NO)c1ccc2c(c1)N(Cc1nc3ccccc3n1CC1CC1)C(=O)CO2. The van der Waals surface area contributed by atoms with Gasteiger partial charge in [0, 0.05) is 12.1 Å². The molecule has 1 aliphatic carbocycles. The van der Waals surface area contributed by atoms with Crippen LogP contribution in [0.1, 0.15) is 29.0 Å². The second kappa shape index (κ2) is 6.89. The van der Waals surface area contributed by atoms with Gasteiger partial charge in [-0.05, 0) is 49.1 Å². The van der Waals surface area contributed by atoms with E-state index >= 15 is 0 Å². The minimum atomic E-state index is -0.647. The van der Waals surface area contributed by atoms with Gasteiger partial charge < -0.3 is 9.30 Å². The Labute approximate surface area is 166 Å². The van der Waals surface area contributed by atoms with E-state index in [-0.39, 0.29) is 24.6 Å². The maximum atomic E-state index is 12.7. The highest BCUT2D eigenvalue weighted by atomic mass is 16.5. The highest BCUT2D eigenvalue weighted by molar-refractivity contribution is 6.01. The van der Waals surface area contributed by atoms with Crippen molar-refractivity contribution in [3.05, 3.63) is 53.9 Å². The Morgan fingerprint density at radius 1 is 1.24 bits per heavy atom. The van der Waals surface area contributed by atoms with E-state index in [9.17, 15) is 9.59 Å². The summed E-state index contributed by atoms with van der Waals surface area (Å²) < 4.78 is 7.72. The number of fused-ring (bicyclic) bond motifs is 2. The predicted octanol–water partition coefficient (Wildman–Crippen LogP) is 2.49. The first-order chi connectivity index (χ1) is 14.1. The molecule has 1 aromatic heterocycles. The Morgan fingerprint density at radius 2 is 2.07 bits per heavy atom. The Morgan fingerprint density at radius 3 is 2.86 bits per heavy atom. The quantitative estimate of drug-likeness (QED) is 0.514. The number of para-hydroxylation sites is 2. The average molecular weight is 392 g/mol. The van der Waals surface area contributed by atoms with Gasteiger partial charge in [0.25, 0.3) is 11.8 Å². The molecule has 8 heteroatoms. The summed E-state index contributed by atoms with van der Waals surface area (Å²) >= 11 is 0. The van der Waals surface area contributed by atoms with Gasteiger partial charge in [0.15, 0.2) is 6.61 Å². The highest BCUT2D eigenvalue weighted by Gasteiger charge is 2.30. The summed E-state index contributed by atoms with van der Waals surface area (Å²) in [5.74, 6) is 1.12. The number of rotatable bonds is 5. The Kier molecular flexibility index (Phi) is 4.21. The number of anilines is 1. The van der Waals surface area contributed by atoms with E-state index in [1.807, 2.05) is 24.3 Å². The number of hydroxylamine groups is 1. The fourth-order valence-corrected chi connectivity index (χ4v) is 3.73. The summed E-state index contributed by atoms with van der Waals surface area (Å²) in [7, 11) is 0. The van der Waals surface area contributed by atoms with Crippen LogP contribution in [-0.2, 0) is 17.9 Å². The molecule has 5 rings (SSSR count). The first kappa shape index (κ1) is 17.7. The Bertz CT molecular complexity index is 1120. The van der Waals surface area contributed by atoms with Gasteiger partial charge in [-0.1, -0.05) is 12.1 Å². The molecule has 1 aliphatic heterocycles. The van der Waals surface area contributed by atoms with Crippen molar-refractivity contribution in [1.29, 1.82) is 0 Å². The number of imidazole rings is 1. The number of nitrogens with one attached hydrogen (secondary N) is 1. The molecule has 148 valence electrons. The molecular formula is C21H20N4O4. The molecule has 1 saturated carbocycles. The van der Waals surface area contributed by atoms with Crippen molar-refractivity contribution in [2.45, 2.75) is 25.9 Å². The van der Waals surface area contributed by atoms with E-state index in [0.717, 1.165) is 23.4 Å². The summed E-state index contributed by atoms with van der Waals surface area (Å²) in [5, 5.41) is 8.93. The second-order valence-electron chi connectivity index (χ2n) is 7.46. The molecule has 0 atom stereocenters. The number of carbonyl (C=O) groups excluding carboxylic acids is 2. The molecular weight excluding hydrogens is 372 g/mol. The number of benzene rings is 2. The van der Waals surface area contributed by atoms with Crippen molar-refractivity contribution in [2.75, 3.05) is 11.5 Å². The zero-order chi connectivity index (χ0) is 20.0. The van der Waals surface area contributed by atoms with Gasteiger partial charge in [-0.15, -0.1) is 0 Å². The summed E-state index contributed by atoms with van der Waals surface area (Å²) in [6.45, 7) is 1.09. The summed E-state index contributed by atoms with van der Waals surface area (Å²) in [5.41, 5.74) is 4.31. The minimum Gasteiger partial charge on any atom is -0.482 e. The van der Waals surface area contributed by atoms with E-state index in [0.29, 0.717) is 17.4 Å². The van der Waals surface area contributed by atoms with Crippen LogP contribution >= 0.6 is 0 Å². The van der Waals surface area contributed by atoms with Crippen LogP contribution in [0.4, 0.5) is 5.69 Å². The molecule has 2 aliphatic rings. The molecule has 1 fully saturated rings. The third-order valence-electron chi connectivity index (χ3n) is 5.44. The summed E-state index contributed by atoms with van der Waals surface area (Å²) in [6.07, 6.45) is 2.43. The maximum absolute atomic E-state index is 12.7. The number of amides is 2. The fourth-order valence-electron chi connectivity index (χ4n) is 3.73. The van der Waals surface area contributed by atoms with Crippen molar-refractivity contribution in [3.63, 3.8) is 0 Å². The van der Waals surface area contributed by atoms with Crippen LogP contribution in [0.15, 0.2) is 42.5 Å². The molecule has 2 N–H and O–H groups in total. The number of ether oxygens (including phenoxy) is 1. The molecule has 2 amide bonds. The molecule has 8 nitrogen and oxygen atoms in total. The van der Waals surface area contributed by atoms with Gasteiger partial charge in [-0.3, -0.25) is 19.7 Å². The van der Waals surface area contributed by atoms with Crippen LogP contribution < -0.4 is 15.1 Å². The number of aromatic nitrogens is 2. The third-order valence-corrected chi connectivity index (χ3v) is 5.44. The second-order valence-corrected chi connectivity index (χ2v) is 7.46. The molecule has 0 spiro atoms. The van der Waals surface area contributed by atoms with Gasteiger partial charge >= 0.3 is 0 Å². The van der Waals surface area contributed by atoms with Crippen LogP contribution in [-0.4, -0.2) is 33.2 Å². The van der Waals surface area contributed by atoms with Gasteiger partial charge in [0.2, 0.25) is 0 Å². The van der Waals surface area contributed by atoms with Crippen molar-refractivity contribution in [2.24, 2.45) is 5.92 Å². The summed E-state index contributed by atoms with van der Waals surface area (Å²) in [4.78, 5) is 30.9. The fraction of sp³-hybridized carbons (Fsp3) is 0.286. The average Bonchev–Trinajstić information content (AvgIpc) is 3.50. The largest absolute Gasteiger partial charge is 0.482 e. The number of hydrogen-bond acceptors (Lipinski definition) is 5. The minimum absolute atomic E-state index is 0.0681.